The minimum absolute atomic E-state index is 0.785. The number of hydrogen-bond donors (Lipinski definition) is 0. The molecule has 1 atom stereocenters. The third-order valence-electron chi connectivity index (χ3n) is 3.03. The zero-order valence-corrected chi connectivity index (χ0v) is 10.1. The standard InChI is InChI=1S/C14H25O/c1-2-3-9-12-15-13-14-10-7-5-4-6-8-11-14/h5,9,12,14H,2-4,6-8,10-11,13H2,1H3/b12-9+. The molecule has 1 nitrogen and oxygen atoms in total. The first kappa shape index (κ1) is 12.6. The van der Waals surface area contributed by atoms with Crippen LogP contribution in [0.1, 0.15) is 58.3 Å². The predicted octanol–water partition coefficient (Wildman–Crippen LogP) is 4.49. The monoisotopic (exact) mass is 209 g/mol. The van der Waals surface area contributed by atoms with Crippen LogP contribution >= 0.6 is 0 Å². The molecule has 15 heavy (non-hydrogen) atoms. The van der Waals surface area contributed by atoms with E-state index in [-0.39, 0.29) is 0 Å². The molecule has 0 amide bonds. The van der Waals surface area contributed by atoms with Crippen LogP contribution in [-0.4, -0.2) is 6.61 Å². The highest BCUT2D eigenvalue weighted by Gasteiger charge is 2.10. The van der Waals surface area contributed by atoms with E-state index < -0.39 is 0 Å². The van der Waals surface area contributed by atoms with E-state index in [1.165, 1.54) is 44.9 Å². The van der Waals surface area contributed by atoms with Crippen LogP contribution in [0.4, 0.5) is 0 Å². The molecule has 87 valence electrons. The zero-order valence-electron chi connectivity index (χ0n) is 10.1. The Hall–Kier alpha value is -0.460. The highest BCUT2D eigenvalue weighted by atomic mass is 16.5. The maximum absolute atomic E-state index is 5.58. The van der Waals surface area contributed by atoms with Crippen LogP contribution in [-0.2, 0) is 4.74 Å². The summed E-state index contributed by atoms with van der Waals surface area (Å²) >= 11 is 0. The smallest absolute Gasteiger partial charge is 0.0901 e. The van der Waals surface area contributed by atoms with Crippen LogP contribution in [0.5, 0.6) is 0 Å². The lowest BCUT2D eigenvalue weighted by molar-refractivity contribution is 0.176. The fourth-order valence-corrected chi connectivity index (χ4v) is 2.02. The number of allylic oxidation sites excluding steroid dienone is 1. The van der Waals surface area contributed by atoms with Gasteiger partial charge in [-0.1, -0.05) is 32.6 Å². The van der Waals surface area contributed by atoms with Crippen LogP contribution in [0.2, 0.25) is 0 Å². The van der Waals surface area contributed by atoms with Gasteiger partial charge in [-0.25, -0.2) is 0 Å². The molecule has 0 aromatic heterocycles. The molecule has 1 aliphatic rings. The van der Waals surface area contributed by atoms with Gasteiger partial charge >= 0.3 is 0 Å². The molecule has 1 unspecified atom stereocenters. The third kappa shape index (κ3) is 6.59. The van der Waals surface area contributed by atoms with Gasteiger partial charge in [-0.3, -0.25) is 0 Å². The van der Waals surface area contributed by atoms with Gasteiger partial charge in [0.05, 0.1) is 12.9 Å². The lowest BCUT2D eigenvalue weighted by Crippen LogP contribution is -2.09. The van der Waals surface area contributed by atoms with Crippen LogP contribution in [0.3, 0.4) is 0 Å². The molecule has 0 aromatic rings. The summed E-state index contributed by atoms with van der Waals surface area (Å²) in [5.41, 5.74) is 0. The molecule has 1 fully saturated rings. The largest absolute Gasteiger partial charge is 0.501 e. The third-order valence-corrected chi connectivity index (χ3v) is 3.03. The minimum atomic E-state index is 0.785. The summed E-state index contributed by atoms with van der Waals surface area (Å²) in [6, 6.07) is 0. The van der Waals surface area contributed by atoms with E-state index in [1.807, 2.05) is 6.26 Å². The molecular weight excluding hydrogens is 184 g/mol. The van der Waals surface area contributed by atoms with E-state index in [0.29, 0.717) is 0 Å². The molecule has 1 heteroatoms. The molecule has 0 spiro atoms. The predicted molar refractivity (Wildman–Crippen MR) is 65.5 cm³/mol. The summed E-state index contributed by atoms with van der Waals surface area (Å²) < 4.78 is 5.58. The van der Waals surface area contributed by atoms with Crippen LogP contribution in [0.25, 0.3) is 0 Å². The molecule has 1 rings (SSSR count). The molecule has 0 saturated heterocycles. The lowest BCUT2D eigenvalue weighted by atomic mass is 9.92. The van der Waals surface area contributed by atoms with E-state index in [0.717, 1.165) is 18.9 Å². The van der Waals surface area contributed by atoms with Gasteiger partial charge in [0.25, 0.3) is 0 Å². The molecule has 0 aromatic carbocycles. The summed E-state index contributed by atoms with van der Waals surface area (Å²) in [7, 11) is 0. The molecule has 1 aliphatic carbocycles. The highest BCUT2D eigenvalue weighted by molar-refractivity contribution is 4.75. The first-order chi connectivity index (χ1) is 7.43. The summed E-state index contributed by atoms with van der Waals surface area (Å²) in [4.78, 5) is 0. The Balaban J connectivity index is 2.07. The molecule has 0 N–H and O–H groups in total. The van der Waals surface area contributed by atoms with Gasteiger partial charge in [0.15, 0.2) is 0 Å². The number of ether oxygens (including phenoxy) is 1. The highest BCUT2D eigenvalue weighted by Crippen LogP contribution is 2.21. The van der Waals surface area contributed by atoms with Crippen LogP contribution in [0.15, 0.2) is 12.3 Å². The topological polar surface area (TPSA) is 9.23 Å². The second kappa shape index (κ2) is 8.82. The summed E-state index contributed by atoms with van der Waals surface area (Å²) in [6.45, 7) is 3.11. The van der Waals surface area contributed by atoms with Gasteiger partial charge in [-0.05, 0) is 44.1 Å². The minimum Gasteiger partial charge on any atom is -0.501 e. The quantitative estimate of drug-likeness (QED) is 0.606. The number of rotatable bonds is 5. The van der Waals surface area contributed by atoms with Gasteiger partial charge < -0.3 is 4.74 Å². The van der Waals surface area contributed by atoms with E-state index in [9.17, 15) is 0 Å². The van der Waals surface area contributed by atoms with Crippen molar-refractivity contribution < 1.29 is 4.74 Å². The number of hydrogen-bond acceptors (Lipinski definition) is 1. The van der Waals surface area contributed by atoms with Crippen LogP contribution in [0, 0.1) is 12.3 Å². The Morgan fingerprint density at radius 1 is 1.27 bits per heavy atom. The summed E-state index contributed by atoms with van der Waals surface area (Å²) in [6.07, 6.45) is 16.9. The summed E-state index contributed by atoms with van der Waals surface area (Å²) in [5, 5.41) is 0. The Labute approximate surface area is 94.9 Å². The normalized spacial score (nSPS) is 20.1. The fraction of sp³-hybridized carbons (Fsp3) is 0.786. The molecule has 0 heterocycles. The Morgan fingerprint density at radius 3 is 3.07 bits per heavy atom. The summed E-state index contributed by atoms with van der Waals surface area (Å²) in [5.74, 6) is 0.785. The second-order valence-corrected chi connectivity index (χ2v) is 4.51. The van der Waals surface area contributed by atoms with Crippen molar-refractivity contribution in [1.82, 2.24) is 0 Å². The number of unbranched alkanes of at least 4 members (excludes halogenated alkanes) is 1. The van der Waals surface area contributed by atoms with Crippen molar-refractivity contribution >= 4 is 0 Å². The molecule has 0 aliphatic heterocycles. The van der Waals surface area contributed by atoms with Gasteiger partial charge in [0, 0.05) is 0 Å². The average Bonchev–Trinajstić information content (AvgIpc) is 2.20. The zero-order chi connectivity index (χ0) is 10.8. The second-order valence-electron chi connectivity index (χ2n) is 4.51. The van der Waals surface area contributed by atoms with E-state index in [1.54, 1.807) is 0 Å². The maximum atomic E-state index is 5.58. The van der Waals surface area contributed by atoms with E-state index >= 15 is 0 Å². The van der Waals surface area contributed by atoms with E-state index in [2.05, 4.69) is 19.4 Å². The first-order valence-electron chi connectivity index (χ1n) is 6.51. The van der Waals surface area contributed by atoms with Gasteiger partial charge in [-0.15, -0.1) is 0 Å². The first-order valence-corrected chi connectivity index (χ1v) is 6.51. The van der Waals surface area contributed by atoms with Crippen molar-refractivity contribution in [1.29, 1.82) is 0 Å². The Kier molecular flexibility index (Phi) is 7.41. The molecule has 1 saturated carbocycles. The molecule has 0 bridgehead atoms. The molecule has 1 radical (unpaired) electrons. The van der Waals surface area contributed by atoms with Gasteiger partial charge in [-0.2, -0.15) is 0 Å². The van der Waals surface area contributed by atoms with Crippen molar-refractivity contribution in [2.75, 3.05) is 6.61 Å². The van der Waals surface area contributed by atoms with Crippen molar-refractivity contribution in [2.24, 2.45) is 5.92 Å². The van der Waals surface area contributed by atoms with Gasteiger partial charge in [0.1, 0.15) is 0 Å². The maximum Gasteiger partial charge on any atom is 0.0901 e. The SMILES string of the molecule is CCC/C=C/OCC1CC[CH]CCCC1. The van der Waals surface area contributed by atoms with E-state index in [4.69, 9.17) is 4.74 Å². The molecular formula is C14H25O. The van der Waals surface area contributed by atoms with Crippen molar-refractivity contribution in [3.63, 3.8) is 0 Å². The lowest BCUT2D eigenvalue weighted by Gasteiger charge is -2.18. The van der Waals surface area contributed by atoms with Gasteiger partial charge in [0.2, 0.25) is 0 Å². The van der Waals surface area contributed by atoms with Crippen LogP contribution < -0.4 is 0 Å². The van der Waals surface area contributed by atoms with Crippen molar-refractivity contribution in [3.8, 4) is 0 Å². The van der Waals surface area contributed by atoms with Crippen molar-refractivity contribution in [2.45, 2.75) is 58.3 Å². The average molecular weight is 209 g/mol. The fourth-order valence-electron chi connectivity index (χ4n) is 2.02. The Morgan fingerprint density at radius 2 is 2.20 bits per heavy atom. The Bertz CT molecular complexity index is 155. The van der Waals surface area contributed by atoms with Crippen molar-refractivity contribution in [3.05, 3.63) is 18.8 Å².